The minimum Gasteiger partial charge on any atom is -0.726 e. The first-order valence-corrected chi connectivity index (χ1v) is 19.8. The highest BCUT2D eigenvalue weighted by Crippen LogP contribution is 2.69. The average Bonchev–Trinajstić information content (AvgIpc) is 3.17. The molecular formula is C29H49O12S3-3. The van der Waals surface area contributed by atoms with Crippen LogP contribution < -0.4 is 0 Å². The molecule has 12 nitrogen and oxygen atoms in total. The highest BCUT2D eigenvalue weighted by Gasteiger charge is 2.64. The Bertz CT molecular complexity index is 1370. The van der Waals surface area contributed by atoms with Crippen molar-refractivity contribution in [3.63, 3.8) is 0 Å². The van der Waals surface area contributed by atoms with Crippen molar-refractivity contribution in [2.75, 3.05) is 0 Å². The lowest BCUT2D eigenvalue weighted by atomic mass is 9.43. The second-order valence-corrected chi connectivity index (χ2v) is 18.9. The third kappa shape index (κ3) is 7.83. The van der Waals surface area contributed by atoms with Gasteiger partial charge in [-0.05, 0) is 109 Å². The summed E-state index contributed by atoms with van der Waals surface area (Å²) in [6.45, 7) is 15.6. The van der Waals surface area contributed by atoms with Gasteiger partial charge >= 0.3 is 0 Å². The first-order valence-electron chi connectivity index (χ1n) is 15.8. The molecule has 44 heavy (non-hydrogen) atoms. The van der Waals surface area contributed by atoms with Gasteiger partial charge in [-0.2, -0.15) is 0 Å². The van der Waals surface area contributed by atoms with Gasteiger partial charge in [0.2, 0.25) is 31.2 Å². The van der Waals surface area contributed by atoms with E-state index in [1.807, 2.05) is 6.92 Å². The zero-order valence-corrected chi connectivity index (χ0v) is 29.2. The molecule has 4 aliphatic rings. The predicted molar refractivity (Wildman–Crippen MR) is 157 cm³/mol. The van der Waals surface area contributed by atoms with Crippen molar-refractivity contribution in [1.29, 1.82) is 0 Å². The van der Waals surface area contributed by atoms with Crippen LogP contribution in [0.25, 0.3) is 0 Å². The predicted octanol–water partition coefficient (Wildman–Crippen LogP) is 4.50. The smallest absolute Gasteiger partial charge is 0.217 e. The van der Waals surface area contributed by atoms with Gasteiger partial charge < -0.3 is 13.7 Å². The lowest BCUT2D eigenvalue weighted by Crippen LogP contribution is -2.62. The second-order valence-electron chi connectivity index (χ2n) is 15.8. The van der Waals surface area contributed by atoms with Crippen molar-refractivity contribution in [2.45, 2.75) is 125 Å². The topological polar surface area (TPSA) is 199 Å². The van der Waals surface area contributed by atoms with Gasteiger partial charge in [-0.1, -0.05) is 54.9 Å². The van der Waals surface area contributed by atoms with E-state index >= 15 is 0 Å². The highest BCUT2D eigenvalue weighted by atomic mass is 32.3. The molecule has 0 aliphatic heterocycles. The van der Waals surface area contributed by atoms with E-state index in [0.29, 0.717) is 17.8 Å². The van der Waals surface area contributed by atoms with E-state index in [1.54, 1.807) is 0 Å². The molecule has 0 bridgehead atoms. The number of hydrogen-bond acceptors (Lipinski definition) is 12. The maximum Gasteiger partial charge on any atom is 0.217 e. The molecule has 258 valence electrons. The molecule has 4 rings (SSSR count). The summed E-state index contributed by atoms with van der Waals surface area (Å²) >= 11 is 0. The zero-order valence-electron chi connectivity index (χ0n) is 26.8. The van der Waals surface area contributed by atoms with Crippen LogP contribution in [-0.2, 0) is 43.7 Å². The molecule has 0 amide bonds. The maximum atomic E-state index is 11.9. The Labute approximate surface area is 264 Å². The van der Waals surface area contributed by atoms with Crippen LogP contribution in [0.1, 0.15) is 106 Å². The standard InChI is InChI=1S/C29H52O12S3/c1-17(8-9-18(2)27(3,4)5)20-10-11-21-19-14-24(39-42(30,31)32)23-15-25(40-43(33,34)35)26(41-44(36,37)38)16-29(23,7)22(19)12-13-28(20,21)6/h17-26H,8-16H2,1-7H3,(H,30,31,32)(H,33,34,35)(H,36,37,38)/p-3/t17-,18+,19+,20-,21+,22+,23?,24?,25?,26?,28-,29-/m1/s1. The van der Waals surface area contributed by atoms with Gasteiger partial charge in [-0.3, -0.25) is 12.5 Å². The Balaban J connectivity index is 1.66. The number of hydrogen-bond donors (Lipinski definition) is 0. The summed E-state index contributed by atoms with van der Waals surface area (Å²) in [5.41, 5.74) is -0.700. The Morgan fingerprint density at radius 2 is 1.23 bits per heavy atom. The van der Waals surface area contributed by atoms with E-state index in [2.05, 4.69) is 45.7 Å². The van der Waals surface area contributed by atoms with Crippen molar-refractivity contribution in [3.8, 4) is 0 Å². The summed E-state index contributed by atoms with van der Waals surface area (Å²) in [5, 5.41) is 0. The summed E-state index contributed by atoms with van der Waals surface area (Å²) in [6, 6.07) is 0. The Hall–Kier alpha value is -0.390. The Morgan fingerprint density at radius 3 is 1.77 bits per heavy atom. The normalized spacial score (nSPS) is 41.3. The Morgan fingerprint density at radius 1 is 0.705 bits per heavy atom. The fourth-order valence-electron chi connectivity index (χ4n) is 10.1. The molecule has 4 fully saturated rings. The minimum absolute atomic E-state index is 0.0269. The van der Waals surface area contributed by atoms with E-state index in [0.717, 1.165) is 38.5 Å². The first-order chi connectivity index (χ1) is 19.8. The molecule has 0 aromatic rings. The molecule has 4 aliphatic carbocycles. The van der Waals surface area contributed by atoms with Crippen LogP contribution in [0, 0.1) is 57.7 Å². The molecule has 4 unspecified atom stereocenters. The summed E-state index contributed by atoms with van der Waals surface area (Å²) < 4.78 is 120. The molecule has 15 heteroatoms. The zero-order chi connectivity index (χ0) is 33.3. The fraction of sp³-hybridized carbons (Fsp3) is 1.00. The van der Waals surface area contributed by atoms with Crippen molar-refractivity contribution in [3.05, 3.63) is 0 Å². The third-order valence-electron chi connectivity index (χ3n) is 12.6. The minimum atomic E-state index is -5.35. The van der Waals surface area contributed by atoms with Crippen LogP contribution in [0.5, 0.6) is 0 Å². The summed E-state index contributed by atoms with van der Waals surface area (Å²) in [7, 11) is -15.8. The van der Waals surface area contributed by atoms with E-state index in [4.69, 9.17) is 8.37 Å². The molecule has 0 aromatic carbocycles. The quantitative estimate of drug-likeness (QED) is 0.231. The third-order valence-corrected chi connectivity index (χ3v) is 14.1. The molecule has 12 atom stereocenters. The largest absolute Gasteiger partial charge is 0.726 e. The second kappa shape index (κ2) is 12.2. The molecule has 0 radical (unpaired) electrons. The molecule has 0 spiro atoms. The lowest BCUT2D eigenvalue weighted by molar-refractivity contribution is -0.184. The average molecular weight is 686 g/mol. The van der Waals surface area contributed by atoms with Crippen LogP contribution in [0.2, 0.25) is 0 Å². The van der Waals surface area contributed by atoms with Crippen LogP contribution in [-0.4, -0.2) is 57.2 Å². The summed E-state index contributed by atoms with van der Waals surface area (Å²) in [5.74, 6) is 0.809. The molecule has 4 saturated carbocycles. The van der Waals surface area contributed by atoms with Crippen LogP contribution >= 0.6 is 0 Å². The summed E-state index contributed by atoms with van der Waals surface area (Å²) in [4.78, 5) is 0. The fourth-order valence-corrected chi connectivity index (χ4v) is 11.7. The first kappa shape index (κ1) is 36.4. The number of rotatable bonds is 10. The molecule has 0 saturated heterocycles. The van der Waals surface area contributed by atoms with Crippen molar-refractivity contribution >= 4 is 31.2 Å². The van der Waals surface area contributed by atoms with Gasteiger partial charge in [0.15, 0.2) is 0 Å². The van der Waals surface area contributed by atoms with Gasteiger partial charge in [0.25, 0.3) is 0 Å². The van der Waals surface area contributed by atoms with E-state index < -0.39 is 60.8 Å². The maximum absolute atomic E-state index is 11.9. The molecule has 0 N–H and O–H groups in total. The molecular weight excluding hydrogens is 637 g/mol. The summed E-state index contributed by atoms with van der Waals surface area (Å²) in [6.07, 6.45) is 1.15. The van der Waals surface area contributed by atoms with Gasteiger partial charge in [-0.15, -0.1) is 0 Å². The SMILES string of the molecule is C[C@H](CC[C@H](C)C(C)(C)C)[C@H]1CC[C@H]2[C@@H]3CC(OS(=O)(=O)[O-])C4CC(OS(=O)(=O)[O-])C(OS(=O)(=O)[O-])C[C@]4(C)[C@H]3CC[C@]12C. The van der Waals surface area contributed by atoms with Crippen molar-refractivity contribution < 1.29 is 51.5 Å². The van der Waals surface area contributed by atoms with Crippen molar-refractivity contribution in [1.82, 2.24) is 0 Å². The highest BCUT2D eigenvalue weighted by molar-refractivity contribution is 7.81. The van der Waals surface area contributed by atoms with E-state index in [1.165, 1.54) is 0 Å². The Kier molecular flexibility index (Phi) is 10.1. The van der Waals surface area contributed by atoms with E-state index in [9.17, 15) is 38.9 Å². The van der Waals surface area contributed by atoms with E-state index in [-0.39, 0.29) is 47.8 Å². The van der Waals surface area contributed by atoms with Gasteiger partial charge in [0.1, 0.15) is 12.2 Å². The van der Waals surface area contributed by atoms with Crippen molar-refractivity contribution in [2.24, 2.45) is 57.7 Å². The van der Waals surface area contributed by atoms with Crippen LogP contribution in [0.15, 0.2) is 0 Å². The van der Waals surface area contributed by atoms with Gasteiger partial charge in [0.05, 0.1) is 6.10 Å². The van der Waals surface area contributed by atoms with Crippen LogP contribution in [0.3, 0.4) is 0 Å². The van der Waals surface area contributed by atoms with Gasteiger partial charge in [-0.25, -0.2) is 25.3 Å². The van der Waals surface area contributed by atoms with Crippen LogP contribution in [0.4, 0.5) is 0 Å². The molecule has 0 heterocycles. The molecule has 0 aromatic heterocycles. The monoisotopic (exact) mass is 685 g/mol. The lowest BCUT2D eigenvalue weighted by Gasteiger charge is -2.63. The number of fused-ring (bicyclic) bond motifs is 5. The van der Waals surface area contributed by atoms with Gasteiger partial charge in [0, 0.05) is 0 Å².